The minimum absolute atomic E-state index is 0.0905. The van der Waals surface area contributed by atoms with E-state index >= 15 is 0 Å². The summed E-state index contributed by atoms with van der Waals surface area (Å²) in [6.45, 7) is 6.31. The van der Waals surface area contributed by atoms with Gasteiger partial charge in [0.05, 0.1) is 5.92 Å². The first kappa shape index (κ1) is 13.1. The third-order valence-electron chi connectivity index (χ3n) is 4.20. The summed E-state index contributed by atoms with van der Waals surface area (Å²) in [5.41, 5.74) is 1.25. The van der Waals surface area contributed by atoms with Crippen molar-refractivity contribution in [3.63, 3.8) is 0 Å². The molecule has 3 heteroatoms. The van der Waals surface area contributed by atoms with Crippen molar-refractivity contribution in [2.75, 3.05) is 0 Å². The standard InChI is InChI=1S/C15H21NO2/c1-10-9-14(15(17)18)12(3)16(10)11(2)13-7-5-4-6-8-13/h4-8,10-12,14H,9H2,1-3H3,(H,17,18)/t10-,11-,12+,14+/m0/s1. The van der Waals surface area contributed by atoms with E-state index < -0.39 is 5.97 Å². The van der Waals surface area contributed by atoms with E-state index in [-0.39, 0.29) is 18.0 Å². The highest BCUT2D eigenvalue weighted by atomic mass is 16.4. The highest BCUT2D eigenvalue weighted by Gasteiger charge is 2.42. The van der Waals surface area contributed by atoms with Crippen LogP contribution >= 0.6 is 0 Å². The lowest BCUT2D eigenvalue weighted by atomic mass is 10.0. The lowest BCUT2D eigenvalue weighted by Crippen LogP contribution is -2.37. The SMILES string of the molecule is C[C@@H]1[C@H](C(=O)O)C[C@H](C)N1[C@@H](C)c1ccccc1. The smallest absolute Gasteiger partial charge is 0.308 e. The van der Waals surface area contributed by atoms with Gasteiger partial charge in [-0.15, -0.1) is 0 Å². The zero-order valence-electron chi connectivity index (χ0n) is 11.2. The van der Waals surface area contributed by atoms with Crippen LogP contribution in [0.4, 0.5) is 0 Å². The quantitative estimate of drug-likeness (QED) is 0.892. The molecule has 4 atom stereocenters. The van der Waals surface area contributed by atoms with Crippen molar-refractivity contribution in [2.24, 2.45) is 5.92 Å². The van der Waals surface area contributed by atoms with E-state index in [2.05, 4.69) is 30.9 Å². The molecule has 0 amide bonds. The number of benzene rings is 1. The van der Waals surface area contributed by atoms with E-state index in [0.717, 1.165) is 6.42 Å². The number of carbonyl (C=O) groups is 1. The van der Waals surface area contributed by atoms with Crippen LogP contribution in [0, 0.1) is 5.92 Å². The van der Waals surface area contributed by atoms with Crippen molar-refractivity contribution in [3.8, 4) is 0 Å². The first-order valence-electron chi connectivity index (χ1n) is 6.57. The molecule has 1 aliphatic rings. The zero-order valence-corrected chi connectivity index (χ0v) is 11.2. The fraction of sp³-hybridized carbons (Fsp3) is 0.533. The Hall–Kier alpha value is -1.35. The van der Waals surface area contributed by atoms with Gasteiger partial charge in [0.1, 0.15) is 0 Å². The summed E-state index contributed by atoms with van der Waals surface area (Å²) in [6.07, 6.45) is 0.744. The summed E-state index contributed by atoms with van der Waals surface area (Å²) >= 11 is 0. The van der Waals surface area contributed by atoms with Crippen molar-refractivity contribution in [3.05, 3.63) is 35.9 Å². The van der Waals surface area contributed by atoms with E-state index in [1.165, 1.54) is 5.56 Å². The van der Waals surface area contributed by atoms with Gasteiger partial charge in [-0.2, -0.15) is 0 Å². The van der Waals surface area contributed by atoms with Gasteiger partial charge in [-0.1, -0.05) is 30.3 Å². The molecule has 0 spiro atoms. The van der Waals surface area contributed by atoms with Crippen molar-refractivity contribution in [1.29, 1.82) is 0 Å². The monoisotopic (exact) mass is 247 g/mol. The zero-order chi connectivity index (χ0) is 13.3. The van der Waals surface area contributed by atoms with Gasteiger partial charge in [0, 0.05) is 18.1 Å². The number of carboxylic acid groups (broad SMARTS) is 1. The Balaban J connectivity index is 2.20. The Labute approximate surface area is 108 Å². The normalized spacial score (nSPS) is 30.3. The molecule has 0 unspecified atom stereocenters. The number of carboxylic acids is 1. The van der Waals surface area contributed by atoms with E-state index in [9.17, 15) is 9.90 Å². The number of hydrogen-bond donors (Lipinski definition) is 1. The molecule has 1 heterocycles. The summed E-state index contributed by atoms with van der Waals surface area (Å²) in [6, 6.07) is 11.0. The molecule has 0 aromatic heterocycles. The van der Waals surface area contributed by atoms with Crippen LogP contribution in [0.1, 0.15) is 38.8 Å². The van der Waals surface area contributed by atoms with Crippen LogP contribution in [0.5, 0.6) is 0 Å². The van der Waals surface area contributed by atoms with E-state index in [0.29, 0.717) is 6.04 Å². The Morgan fingerprint density at radius 2 is 1.94 bits per heavy atom. The Kier molecular flexibility index (Phi) is 3.71. The molecule has 1 N–H and O–H groups in total. The summed E-state index contributed by atoms with van der Waals surface area (Å²) in [5.74, 6) is -0.914. The largest absolute Gasteiger partial charge is 0.481 e. The molecule has 1 aliphatic heterocycles. The number of nitrogens with zero attached hydrogens (tertiary/aromatic N) is 1. The van der Waals surface area contributed by atoms with Crippen LogP contribution in [0.3, 0.4) is 0 Å². The van der Waals surface area contributed by atoms with Gasteiger partial charge in [-0.05, 0) is 32.8 Å². The summed E-state index contributed by atoms with van der Waals surface area (Å²) in [4.78, 5) is 13.6. The van der Waals surface area contributed by atoms with Crippen molar-refractivity contribution >= 4 is 5.97 Å². The molecule has 0 radical (unpaired) electrons. The predicted octanol–water partition coefficient (Wildman–Crippen LogP) is 2.93. The molecule has 3 nitrogen and oxygen atoms in total. The molecular weight excluding hydrogens is 226 g/mol. The molecule has 0 aliphatic carbocycles. The molecule has 1 aromatic carbocycles. The lowest BCUT2D eigenvalue weighted by Gasteiger charge is -2.33. The second kappa shape index (κ2) is 5.11. The molecule has 1 saturated heterocycles. The van der Waals surface area contributed by atoms with Gasteiger partial charge < -0.3 is 5.11 Å². The number of likely N-dealkylation sites (tertiary alicyclic amines) is 1. The third-order valence-corrected chi connectivity index (χ3v) is 4.20. The summed E-state index contributed by atoms with van der Waals surface area (Å²) in [7, 11) is 0. The molecule has 0 saturated carbocycles. The first-order valence-corrected chi connectivity index (χ1v) is 6.57. The Bertz CT molecular complexity index is 418. The van der Waals surface area contributed by atoms with Crippen LogP contribution < -0.4 is 0 Å². The number of aliphatic carboxylic acids is 1. The highest BCUT2D eigenvalue weighted by molar-refractivity contribution is 5.71. The van der Waals surface area contributed by atoms with Gasteiger partial charge in [0.15, 0.2) is 0 Å². The third kappa shape index (κ3) is 2.27. The van der Waals surface area contributed by atoms with Crippen LogP contribution in [0.15, 0.2) is 30.3 Å². The van der Waals surface area contributed by atoms with Crippen LogP contribution in [-0.4, -0.2) is 28.1 Å². The second-order valence-corrected chi connectivity index (χ2v) is 5.30. The molecular formula is C15H21NO2. The van der Waals surface area contributed by atoms with Crippen LogP contribution in [0.2, 0.25) is 0 Å². The molecule has 98 valence electrons. The van der Waals surface area contributed by atoms with Gasteiger partial charge in [0.2, 0.25) is 0 Å². The average molecular weight is 247 g/mol. The number of rotatable bonds is 3. The van der Waals surface area contributed by atoms with Crippen molar-refractivity contribution < 1.29 is 9.90 Å². The van der Waals surface area contributed by atoms with Gasteiger partial charge >= 0.3 is 5.97 Å². The second-order valence-electron chi connectivity index (χ2n) is 5.30. The molecule has 2 rings (SSSR count). The fourth-order valence-corrected chi connectivity index (χ4v) is 3.24. The molecule has 18 heavy (non-hydrogen) atoms. The maximum absolute atomic E-state index is 11.2. The van der Waals surface area contributed by atoms with Crippen molar-refractivity contribution in [1.82, 2.24) is 4.90 Å². The summed E-state index contributed by atoms with van der Waals surface area (Å²) < 4.78 is 0. The minimum Gasteiger partial charge on any atom is -0.481 e. The predicted molar refractivity (Wildman–Crippen MR) is 71.4 cm³/mol. The molecule has 0 bridgehead atoms. The Morgan fingerprint density at radius 3 is 2.44 bits per heavy atom. The van der Waals surface area contributed by atoms with E-state index in [1.807, 2.05) is 25.1 Å². The molecule has 1 fully saturated rings. The molecule has 1 aromatic rings. The maximum Gasteiger partial charge on any atom is 0.308 e. The van der Waals surface area contributed by atoms with Gasteiger partial charge in [0.25, 0.3) is 0 Å². The van der Waals surface area contributed by atoms with E-state index in [4.69, 9.17) is 0 Å². The fourth-order valence-electron chi connectivity index (χ4n) is 3.24. The summed E-state index contributed by atoms with van der Waals surface area (Å²) in [5, 5.41) is 9.24. The first-order chi connectivity index (χ1) is 8.52. The average Bonchev–Trinajstić information content (AvgIpc) is 2.65. The lowest BCUT2D eigenvalue weighted by molar-refractivity contribution is -0.142. The van der Waals surface area contributed by atoms with Crippen LogP contribution in [-0.2, 0) is 4.79 Å². The topological polar surface area (TPSA) is 40.5 Å². The maximum atomic E-state index is 11.2. The van der Waals surface area contributed by atoms with Gasteiger partial charge in [-0.3, -0.25) is 9.69 Å². The van der Waals surface area contributed by atoms with Gasteiger partial charge in [-0.25, -0.2) is 0 Å². The highest BCUT2D eigenvalue weighted by Crippen LogP contribution is 2.36. The van der Waals surface area contributed by atoms with Crippen molar-refractivity contribution in [2.45, 2.75) is 45.3 Å². The van der Waals surface area contributed by atoms with Crippen LogP contribution in [0.25, 0.3) is 0 Å². The Morgan fingerprint density at radius 1 is 1.33 bits per heavy atom. The minimum atomic E-state index is -0.669. The van der Waals surface area contributed by atoms with E-state index in [1.54, 1.807) is 0 Å². The number of hydrogen-bond acceptors (Lipinski definition) is 2.